The van der Waals surface area contributed by atoms with E-state index in [0.29, 0.717) is 24.6 Å². The molecule has 160 valence electrons. The third-order valence-electron chi connectivity index (χ3n) is 5.68. The van der Waals surface area contributed by atoms with Crippen molar-refractivity contribution < 1.29 is 14.3 Å². The summed E-state index contributed by atoms with van der Waals surface area (Å²) in [5, 5.41) is 3.34. The SMILES string of the molecule is COCCN(C)C(=O)c1ccc2c(c1)CCN2c1cc(OC2CCNCC2)ncn1. The maximum atomic E-state index is 12.7. The summed E-state index contributed by atoms with van der Waals surface area (Å²) in [6.07, 6.45) is 4.60. The molecule has 1 N–H and O–H groups in total. The third-order valence-corrected chi connectivity index (χ3v) is 5.68. The van der Waals surface area contributed by atoms with Crippen LogP contribution in [0.2, 0.25) is 0 Å². The van der Waals surface area contributed by atoms with E-state index in [1.807, 2.05) is 24.3 Å². The largest absolute Gasteiger partial charge is 0.474 e. The van der Waals surface area contributed by atoms with E-state index in [0.717, 1.165) is 56.0 Å². The molecule has 1 fully saturated rings. The zero-order valence-electron chi connectivity index (χ0n) is 17.6. The van der Waals surface area contributed by atoms with Crippen molar-refractivity contribution in [3.05, 3.63) is 41.7 Å². The van der Waals surface area contributed by atoms with Crippen LogP contribution in [0.15, 0.2) is 30.6 Å². The lowest BCUT2D eigenvalue weighted by molar-refractivity contribution is 0.0744. The molecule has 1 amide bonds. The topological polar surface area (TPSA) is 79.8 Å². The molecule has 2 aliphatic heterocycles. The Morgan fingerprint density at radius 2 is 2.10 bits per heavy atom. The first-order valence-electron chi connectivity index (χ1n) is 10.5. The van der Waals surface area contributed by atoms with Crippen LogP contribution in [0, 0.1) is 0 Å². The molecule has 3 heterocycles. The van der Waals surface area contributed by atoms with Crippen LogP contribution in [0.5, 0.6) is 5.88 Å². The zero-order valence-corrected chi connectivity index (χ0v) is 17.6. The molecule has 4 rings (SSSR count). The van der Waals surface area contributed by atoms with Gasteiger partial charge in [0.25, 0.3) is 5.91 Å². The van der Waals surface area contributed by atoms with Crippen molar-refractivity contribution in [2.75, 3.05) is 51.8 Å². The smallest absolute Gasteiger partial charge is 0.253 e. The lowest BCUT2D eigenvalue weighted by atomic mass is 10.1. The average molecular weight is 412 g/mol. The van der Waals surface area contributed by atoms with Crippen molar-refractivity contribution in [2.45, 2.75) is 25.4 Å². The van der Waals surface area contributed by atoms with Crippen LogP contribution in [0.3, 0.4) is 0 Å². The number of methoxy groups -OCH3 is 1. The normalized spacial score (nSPS) is 16.4. The van der Waals surface area contributed by atoms with Gasteiger partial charge in [0.2, 0.25) is 5.88 Å². The Hall–Kier alpha value is -2.71. The van der Waals surface area contributed by atoms with Crippen molar-refractivity contribution in [1.82, 2.24) is 20.2 Å². The number of aromatic nitrogens is 2. The number of hydrogen-bond acceptors (Lipinski definition) is 7. The number of likely N-dealkylation sites (N-methyl/N-ethyl adjacent to an activating group) is 1. The second kappa shape index (κ2) is 9.40. The minimum atomic E-state index is 0.00740. The minimum absolute atomic E-state index is 0.00740. The molecule has 0 radical (unpaired) electrons. The van der Waals surface area contributed by atoms with Gasteiger partial charge < -0.3 is 24.6 Å². The summed E-state index contributed by atoms with van der Waals surface area (Å²) in [7, 11) is 3.43. The minimum Gasteiger partial charge on any atom is -0.474 e. The number of hydrogen-bond donors (Lipinski definition) is 1. The predicted octanol–water partition coefficient (Wildman–Crippen LogP) is 2.02. The van der Waals surface area contributed by atoms with Crippen LogP contribution < -0.4 is 15.0 Å². The molecule has 1 aromatic heterocycles. The lowest BCUT2D eigenvalue weighted by Gasteiger charge is -2.24. The third kappa shape index (κ3) is 4.55. The van der Waals surface area contributed by atoms with Gasteiger partial charge in [0.1, 0.15) is 18.2 Å². The number of piperidine rings is 1. The fourth-order valence-electron chi connectivity index (χ4n) is 3.95. The van der Waals surface area contributed by atoms with Gasteiger partial charge in [-0.1, -0.05) is 0 Å². The Kier molecular flexibility index (Phi) is 6.44. The number of carbonyl (C=O) groups is 1. The van der Waals surface area contributed by atoms with E-state index >= 15 is 0 Å². The van der Waals surface area contributed by atoms with Gasteiger partial charge in [-0.3, -0.25) is 4.79 Å². The molecule has 1 aromatic carbocycles. The highest BCUT2D eigenvalue weighted by Gasteiger charge is 2.24. The molecule has 0 aliphatic carbocycles. The Balaban J connectivity index is 1.48. The van der Waals surface area contributed by atoms with Crippen molar-refractivity contribution in [2.24, 2.45) is 0 Å². The van der Waals surface area contributed by atoms with Gasteiger partial charge in [0.15, 0.2) is 0 Å². The molecule has 8 nitrogen and oxygen atoms in total. The van der Waals surface area contributed by atoms with Crippen molar-refractivity contribution in [3.8, 4) is 5.88 Å². The summed E-state index contributed by atoms with van der Waals surface area (Å²) in [5.41, 5.74) is 2.94. The summed E-state index contributed by atoms with van der Waals surface area (Å²) in [5.74, 6) is 1.45. The van der Waals surface area contributed by atoms with Crippen molar-refractivity contribution in [1.29, 1.82) is 0 Å². The molecule has 0 unspecified atom stereocenters. The van der Waals surface area contributed by atoms with Crippen LogP contribution in [0.1, 0.15) is 28.8 Å². The van der Waals surface area contributed by atoms with E-state index in [4.69, 9.17) is 9.47 Å². The van der Waals surface area contributed by atoms with Crippen LogP contribution in [-0.4, -0.2) is 73.8 Å². The number of carbonyl (C=O) groups excluding carboxylic acids is 1. The van der Waals surface area contributed by atoms with Gasteiger partial charge in [-0.15, -0.1) is 0 Å². The molecule has 2 aliphatic rings. The first kappa shape index (κ1) is 20.6. The van der Waals surface area contributed by atoms with Gasteiger partial charge in [0.05, 0.1) is 6.61 Å². The molecular weight excluding hydrogens is 382 g/mol. The highest BCUT2D eigenvalue weighted by molar-refractivity contribution is 5.95. The first-order chi connectivity index (χ1) is 14.7. The Bertz CT molecular complexity index is 885. The summed E-state index contributed by atoms with van der Waals surface area (Å²) >= 11 is 0. The summed E-state index contributed by atoms with van der Waals surface area (Å²) < 4.78 is 11.1. The van der Waals surface area contributed by atoms with Crippen molar-refractivity contribution >= 4 is 17.4 Å². The number of nitrogens with zero attached hydrogens (tertiary/aromatic N) is 4. The fourth-order valence-corrected chi connectivity index (χ4v) is 3.95. The summed E-state index contributed by atoms with van der Waals surface area (Å²) in [6, 6.07) is 7.80. The molecular formula is C22H29N5O3. The molecule has 2 aromatic rings. The van der Waals surface area contributed by atoms with Gasteiger partial charge >= 0.3 is 0 Å². The van der Waals surface area contributed by atoms with Gasteiger partial charge in [-0.2, -0.15) is 0 Å². The molecule has 0 spiro atoms. The predicted molar refractivity (Wildman–Crippen MR) is 115 cm³/mol. The number of amides is 1. The molecule has 0 atom stereocenters. The molecule has 30 heavy (non-hydrogen) atoms. The first-order valence-corrected chi connectivity index (χ1v) is 10.5. The monoisotopic (exact) mass is 411 g/mol. The second-order valence-electron chi connectivity index (χ2n) is 7.75. The van der Waals surface area contributed by atoms with Gasteiger partial charge in [-0.25, -0.2) is 9.97 Å². The fraction of sp³-hybridized carbons (Fsp3) is 0.500. The Morgan fingerprint density at radius 3 is 2.90 bits per heavy atom. The zero-order chi connectivity index (χ0) is 20.9. The maximum Gasteiger partial charge on any atom is 0.253 e. The standard InChI is InChI=1S/C22H29N5O3/c1-26(11-12-29-2)22(28)17-3-4-19-16(13-17)7-10-27(19)20-14-21(25-15-24-20)30-18-5-8-23-9-6-18/h3-4,13-15,18,23H,5-12H2,1-2H3. The number of ether oxygens (including phenoxy) is 2. The van der Waals surface area contributed by atoms with Gasteiger partial charge in [0, 0.05) is 44.6 Å². The molecule has 0 saturated carbocycles. The van der Waals surface area contributed by atoms with E-state index < -0.39 is 0 Å². The summed E-state index contributed by atoms with van der Waals surface area (Å²) in [4.78, 5) is 25.3. The molecule has 8 heteroatoms. The Labute approximate surface area is 177 Å². The molecule has 1 saturated heterocycles. The second-order valence-corrected chi connectivity index (χ2v) is 7.75. The van der Waals surface area contributed by atoms with Crippen LogP contribution in [0.25, 0.3) is 0 Å². The quantitative estimate of drug-likeness (QED) is 0.747. The number of fused-ring (bicyclic) bond motifs is 1. The van der Waals surface area contributed by atoms with E-state index in [2.05, 4.69) is 20.2 Å². The average Bonchev–Trinajstić information content (AvgIpc) is 3.21. The highest BCUT2D eigenvalue weighted by Crippen LogP contribution is 2.35. The number of rotatable bonds is 7. The van der Waals surface area contributed by atoms with E-state index in [1.165, 1.54) is 0 Å². The lowest BCUT2D eigenvalue weighted by Crippen LogP contribution is -2.34. The van der Waals surface area contributed by atoms with Gasteiger partial charge in [-0.05, 0) is 56.1 Å². The van der Waals surface area contributed by atoms with Crippen molar-refractivity contribution in [3.63, 3.8) is 0 Å². The number of anilines is 2. The van der Waals surface area contributed by atoms with Crippen LogP contribution >= 0.6 is 0 Å². The van der Waals surface area contributed by atoms with E-state index in [-0.39, 0.29) is 12.0 Å². The summed E-state index contributed by atoms with van der Waals surface area (Å²) in [6.45, 7) is 3.86. The molecule has 0 bridgehead atoms. The highest BCUT2D eigenvalue weighted by atomic mass is 16.5. The van der Waals surface area contributed by atoms with E-state index in [9.17, 15) is 4.79 Å². The van der Waals surface area contributed by atoms with E-state index in [1.54, 1.807) is 25.4 Å². The maximum absolute atomic E-state index is 12.7. The van der Waals surface area contributed by atoms with Crippen LogP contribution in [0.4, 0.5) is 11.5 Å². The Morgan fingerprint density at radius 1 is 1.27 bits per heavy atom. The number of benzene rings is 1. The van der Waals surface area contributed by atoms with Crippen LogP contribution in [-0.2, 0) is 11.2 Å². The number of nitrogens with one attached hydrogen (secondary N) is 1.